The zero-order valence-electron chi connectivity index (χ0n) is 11.1. The van der Waals surface area contributed by atoms with Gasteiger partial charge in [-0.3, -0.25) is 10.1 Å². The zero-order valence-corrected chi connectivity index (χ0v) is 13.4. The molecule has 0 heterocycles. The van der Waals surface area contributed by atoms with Gasteiger partial charge >= 0.3 is 0 Å². The second-order valence-electron chi connectivity index (χ2n) is 5.38. The molecule has 1 aliphatic rings. The Labute approximate surface area is 133 Å². The van der Waals surface area contributed by atoms with Crippen LogP contribution >= 0.6 is 34.8 Å². The molecule has 1 aromatic rings. The van der Waals surface area contributed by atoms with E-state index in [1.807, 2.05) is 6.07 Å². The summed E-state index contributed by atoms with van der Waals surface area (Å²) in [5.74, 6) is -0.173. The van der Waals surface area contributed by atoms with Gasteiger partial charge in [0.2, 0.25) is 5.91 Å². The molecule has 3 N–H and O–H groups in total. The van der Waals surface area contributed by atoms with Crippen molar-refractivity contribution < 1.29 is 4.79 Å². The Morgan fingerprint density at radius 2 is 2.20 bits per heavy atom. The Hall–Kier alpha value is -0.480. The van der Waals surface area contributed by atoms with Gasteiger partial charge in [0.05, 0.1) is 0 Å². The molecule has 1 aliphatic carbocycles. The molecule has 0 aliphatic heterocycles. The number of alkyl halides is 2. The zero-order chi connectivity index (χ0) is 15.0. The summed E-state index contributed by atoms with van der Waals surface area (Å²) < 4.78 is -0.596. The summed E-state index contributed by atoms with van der Waals surface area (Å²) >= 11 is 17.9. The lowest BCUT2D eigenvalue weighted by atomic mass is 9.91. The van der Waals surface area contributed by atoms with E-state index in [9.17, 15) is 4.79 Å². The first kappa shape index (κ1) is 15.9. The Morgan fingerprint density at radius 3 is 2.70 bits per heavy atom. The number of carbonyl (C=O) groups is 1. The molecule has 1 fully saturated rings. The molecule has 110 valence electrons. The van der Waals surface area contributed by atoms with Crippen LogP contribution in [0.15, 0.2) is 24.3 Å². The molecular formula is C14H17Cl3N2O. The number of nitrogens with one attached hydrogen (secondary N) is 1. The molecule has 0 radical (unpaired) electrons. The first-order chi connectivity index (χ1) is 9.25. The third-order valence-electron chi connectivity index (χ3n) is 3.82. The fraction of sp³-hybridized carbons (Fsp3) is 0.500. The largest absolute Gasteiger partial charge is 0.368 e. The number of hydrogen-bond donors (Lipinski definition) is 2. The van der Waals surface area contributed by atoms with E-state index in [1.54, 1.807) is 25.1 Å². The van der Waals surface area contributed by atoms with Crippen LogP contribution < -0.4 is 11.1 Å². The maximum atomic E-state index is 11.8. The molecule has 1 saturated carbocycles. The maximum Gasteiger partial charge on any atom is 0.242 e. The predicted octanol–water partition coefficient (Wildman–Crippen LogP) is 3.21. The number of benzene rings is 1. The van der Waals surface area contributed by atoms with E-state index in [1.165, 1.54) is 0 Å². The molecular weight excluding hydrogens is 319 g/mol. The molecule has 0 spiro atoms. The van der Waals surface area contributed by atoms with Crippen molar-refractivity contribution in [1.82, 2.24) is 5.32 Å². The van der Waals surface area contributed by atoms with Crippen LogP contribution in [0.4, 0.5) is 0 Å². The quantitative estimate of drug-likeness (QED) is 0.784. The van der Waals surface area contributed by atoms with E-state index >= 15 is 0 Å². The first-order valence-corrected chi connectivity index (χ1v) is 7.58. The topological polar surface area (TPSA) is 55.1 Å². The normalized spacial score (nSPS) is 23.1. The van der Waals surface area contributed by atoms with Crippen molar-refractivity contribution >= 4 is 40.7 Å². The van der Waals surface area contributed by atoms with Gasteiger partial charge in [0, 0.05) is 5.02 Å². The van der Waals surface area contributed by atoms with Crippen molar-refractivity contribution in [2.24, 2.45) is 11.7 Å². The molecule has 3 nitrogen and oxygen atoms in total. The molecule has 0 saturated heterocycles. The van der Waals surface area contributed by atoms with Crippen LogP contribution in [0.25, 0.3) is 0 Å². The van der Waals surface area contributed by atoms with Crippen LogP contribution in [0.5, 0.6) is 0 Å². The Bertz CT molecular complexity index is 521. The summed E-state index contributed by atoms with van der Waals surface area (Å²) in [6, 6.07) is 7.12. The smallest absolute Gasteiger partial charge is 0.242 e. The van der Waals surface area contributed by atoms with Crippen LogP contribution in [0.3, 0.4) is 0 Å². The number of amides is 1. The lowest BCUT2D eigenvalue weighted by Gasteiger charge is -2.28. The van der Waals surface area contributed by atoms with Crippen molar-refractivity contribution in [1.29, 1.82) is 0 Å². The lowest BCUT2D eigenvalue weighted by Crippen LogP contribution is -2.50. The van der Waals surface area contributed by atoms with Gasteiger partial charge in [0.25, 0.3) is 0 Å². The van der Waals surface area contributed by atoms with Crippen molar-refractivity contribution in [2.75, 3.05) is 6.54 Å². The summed E-state index contributed by atoms with van der Waals surface area (Å²) in [5.41, 5.74) is 5.33. The summed E-state index contributed by atoms with van der Waals surface area (Å²) in [5, 5.41) is 3.77. The van der Waals surface area contributed by atoms with Gasteiger partial charge < -0.3 is 5.73 Å². The Kier molecular flexibility index (Phi) is 4.55. The second-order valence-corrected chi connectivity index (χ2v) is 7.36. The fourth-order valence-corrected chi connectivity index (χ4v) is 2.99. The van der Waals surface area contributed by atoms with E-state index in [4.69, 9.17) is 40.5 Å². The lowest BCUT2D eigenvalue weighted by molar-refractivity contribution is -0.124. The van der Waals surface area contributed by atoms with Crippen molar-refractivity contribution in [3.05, 3.63) is 34.9 Å². The predicted molar refractivity (Wildman–Crippen MR) is 83.2 cm³/mol. The van der Waals surface area contributed by atoms with Crippen LogP contribution in [0, 0.1) is 5.92 Å². The molecule has 1 amide bonds. The van der Waals surface area contributed by atoms with Crippen molar-refractivity contribution in [3.8, 4) is 0 Å². The number of rotatable bonds is 6. The number of hydrogen-bond acceptors (Lipinski definition) is 2. The monoisotopic (exact) mass is 334 g/mol. The average Bonchev–Trinajstić information content (AvgIpc) is 2.96. The standard InChI is InChI=1S/C14H17Cl3N2O/c1-13(12(18)20,9-3-2-4-11(15)7-9)19-6-5-10-8-14(10,16)17/h2-4,7,10,19H,5-6,8H2,1H3,(H2,18,20)/t10-,13+/m0/s1. The fourth-order valence-electron chi connectivity index (χ4n) is 2.21. The van der Waals surface area contributed by atoms with Crippen molar-refractivity contribution in [3.63, 3.8) is 0 Å². The van der Waals surface area contributed by atoms with E-state index < -0.39 is 15.8 Å². The van der Waals surface area contributed by atoms with Gasteiger partial charge in [-0.1, -0.05) is 23.7 Å². The molecule has 2 rings (SSSR count). The van der Waals surface area contributed by atoms with Crippen molar-refractivity contribution in [2.45, 2.75) is 29.6 Å². The molecule has 0 bridgehead atoms. The highest BCUT2D eigenvalue weighted by atomic mass is 35.5. The van der Waals surface area contributed by atoms with Gasteiger partial charge in [-0.25, -0.2) is 0 Å². The average molecular weight is 336 g/mol. The molecule has 6 heteroatoms. The minimum atomic E-state index is -0.957. The van der Waals surface area contributed by atoms with E-state index in [2.05, 4.69) is 5.32 Å². The van der Waals surface area contributed by atoms with Gasteiger partial charge in [0.1, 0.15) is 9.87 Å². The molecule has 1 aromatic carbocycles. The number of carbonyl (C=O) groups excluding carboxylic acids is 1. The van der Waals surface area contributed by atoms with Gasteiger partial charge in [-0.15, -0.1) is 23.2 Å². The van der Waals surface area contributed by atoms with Crippen LogP contribution in [-0.2, 0) is 10.3 Å². The summed E-state index contributed by atoms with van der Waals surface area (Å²) in [4.78, 5) is 11.8. The minimum absolute atomic E-state index is 0.273. The summed E-state index contributed by atoms with van der Waals surface area (Å²) in [6.45, 7) is 2.36. The highest BCUT2D eigenvalue weighted by molar-refractivity contribution is 6.50. The third-order valence-corrected chi connectivity index (χ3v) is 4.98. The SMILES string of the molecule is C[C@](NCC[C@H]1CC1(Cl)Cl)(C(N)=O)c1cccc(Cl)c1. The molecule has 0 aromatic heterocycles. The molecule has 0 unspecified atom stereocenters. The van der Waals surface area contributed by atoms with Crippen LogP contribution in [0.1, 0.15) is 25.3 Å². The first-order valence-electron chi connectivity index (χ1n) is 6.44. The Balaban J connectivity index is 2.04. The number of halogens is 3. The van der Waals surface area contributed by atoms with Crippen LogP contribution in [0.2, 0.25) is 5.02 Å². The highest BCUT2D eigenvalue weighted by Gasteiger charge is 2.51. The van der Waals surface area contributed by atoms with Gasteiger partial charge in [0.15, 0.2) is 0 Å². The highest BCUT2D eigenvalue weighted by Crippen LogP contribution is 2.54. The minimum Gasteiger partial charge on any atom is -0.368 e. The molecule has 2 atom stereocenters. The Morgan fingerprint density at radius 1 is 1.55 bits per heavy atom. The number of primary amides is 1. The third kappa shape index (κ3) is 3.40. The summed E-state index contributed by atoms with van der Waals surface area (Å²) in [6.07, 6.45) is 1.60. The van der Waals surface area contributed by atoms with E-state index in [0.717, 1.165) is 18.4 Å². The maximum absolute atomic E-state index is 11.8. The molecule has 20 heavy (non-hydrogen) atoms. The van der Waals surface area contributed by atoms with E-state index in [-0.39, 0.29) is 5.92 Å². The summed E-state index contributed by atoms with van der Waals surface area (Å²) in [7, 11) is 0. The van der Waals surface area contributed by atoms with Crippen LogP contribution in [-0.4, -0.2) is 16.8 Å². The van der Waals surface area contributed by atoms with E-state index in [0.29, 0.717) is 11.6 Å². The van der Waals surface area contributed by atoms with Gasteiger partial charge in [-0.2, -0.15) is 0 Å². The second kappa shape index (κ2) is 5.72. The number of nitrogens with two attached hydrogens (primary N) is 1. The van der Waals surface area contributed by atoms with Gasteiger partial charge in [-0.05, 0) is 49.9 Å².